The summed E-state index contributed by atoms with van der Waals surface area (Å²) < 4.78 is 34.0. The van der Waals surface area contributed by atoms with Gasteiger partial charge in [0.25, 0.3) is 15.9 Å². The topological polar surface area (TPSA) is 105 Å². The van der Waals surface area contributed by atoms with E-state index in [9.17, 15) is 18.0 Å². The summed E-state index contributed by atoms with van der Waals surface area (Å²) in [5.74, 6) is -1.01. The molecular formula is C26H29N3O5S2. The average molecular weight is 528 g/mol. The molecule has 1 aromatic heterocycles. The number of ether oxygens (including phenoxy) is 1. The molecule has 8 nitrogen and oxygen atoms in total. The van der Waals surface area contributed by atoms with Crippen LogP contribution in [0.3, 0.4) is 0 Å². The number of nitrogens with zero attached hydrogens (tertiary/aromatic N) is 1. The quantitative estimate of drug-likeness (QED) is 0.458. The van der Waals surface area contributed by atoms with Crippen LogP contribution in [0.2, 0.25) is 0 Å². The number of rotatable bonds is 6. The van der Waals surface area contributed by atoms with Crippen LogP contribution in [0.1, 0.15) is 47.8 Å². The molecule has 0 saturated carbocycles. The Morgan fingerprint density at radius 2 is 1.75 bits per heavy atom. The first-order chi connectivity index (χ1) is 17.0. The van der Waals surface area contributed by atoms with Crippen LogP contribution in [0, 0.1) is 20.8 Å². The van der Waals surface area contributed by atoms with Gasteiger partial charge in [-0.1, -0.05) is 12.1 Å². The van der Waals surface area contributed by atoms with Gasteiger partial charge in [-0.3, -0.25) is 9.52 Å². The van der Waals surface area contributed by atoms with Crippen LogP contribution in [0.5, 0.6) is 0 Å². The molecular weight excluding hydrogens is 498 g/mol. The molecule has 0 bridgehead atoms. The van der Waals surface area contributed by atoms with Gasteiger partial charge in [-0.05, 0) is 80.8 Å². The summed E-state index contributed by atoms with van der Waals surface area (Å²) in [6.45, 7) is 7.01. The third-order valence-corrected chi connectivity index (χ3v) is 9.02. The van der Waals surface area contributed by atoms with Gasteiger partial charge in [-0.25, -0.2) is 13.2 Å². The van der Waals surface area contributed by atoms with Gasteiger partial charge in [0.15, 0.2) is 0 Å². The van der Waals surface area contributed by atoms with Crippen LogP contribution in [0.4, 0.5) is 10.7 Å². The Kier molecular flexibility index (Phi) is 7.21. The summed E-state index contributed by atoms with van der Waals surface area (Å²) >= 11 is 1.34. The molecule has 0 aliphatic carbocycles. The first kappa shape index (κ1) is 25.9. The van der Waals surface area contributed by atoms with Crippen molar-refractivity contribution < 1.29 is 22.7 Å². The van der Waals surface area contributed by atoms with E-state index in [1.54, 1.807) is 31.2 Å². The molecule has 3 aromatic rings. The molecule has 0 spiro atoms. The van der Waals surface area contributed by atoms with Crippen molar-refractivity contribution in [2.45, 2.75) is 38.6 Å². The number of thiophene rings is 1. The highest BCUT2D eigenvalue weighted by Gasteiger charge is 2.29. The van der Waals surface area contributed by atoms with Gasteiger partial charge in [0, 0.05) is 29.2 Å². The average Bonchev–Trinajstić information content (AvgIpc) is 3.17. The van der Waals surface area contributed by atoms with E-state index in [1.165, 1.54) is 24.5 Å². The van der Waals surface area contributed by atoms with Gasteiger partial charge >= 0.3 is 5.97 Å². The van der Waals surface area contributed by atoms with Crippen molar-refractivity contribution in [3.05, 3.63) is 74.7 Å². The van der Waals surface area contributed by atoms with E-state index in [0.717, 1.165) is 28.1 Å². The zero-order chi connectivity index (χ0) is 26.2. The summed E-state index contributed by atoms with van der Waals surface area (Å²) in [5.41, 5.74) is 4.41. The molecule has 1 amide bonds. The number of esters is 1. The van der Waals surface area contributed by atoms with Crippen molar-refractivity contribution >= 4 is 43.9 Å². The molecule has 0 saturated heterocycles. The number of carbonyl (C=O) groups excluding carboxylic acids is 2. The second-order valence-corrected chi connectivity index (χ2v) is 11.8. The number of likely N-dealkylation sites (N-methyl/N-ethyl adjacent to an activating group) is 1. The normalized spacial score (nSPS) is 13.7. The summed E-state index contributed by atoms with van der Waals surface area (Å²) in [7, 11) is -0.632. The van der Waals surface area contributed by atoms with E-state index in [-0.39, 0.29) is 10.5 Å². The first-order valence-electron chi connectivity index (χ1n) is 11.4. The van der Waals surface area contributed by atoms with Gasteiger partial charge in [0.2, 0.25) is 0 Å². The summed E-state index contributed by atoms with van der Waals surface area (Å²) in [6.07, 6.45) is 0.680. The standard InChI is InChI=1S/C26H29N3O5S2/c1-15-7-9-19(12-17(15)3)28-36(32,33)22-13-18(8-6-16(22)2)24(30)27-25-23(26(31)34-5)20-10-11-29(4)14-21(20)35-25/h6-9,12-13,28H,10-11,14H2,1-5H3,(H,27,30). The molecule has 0 atom stereocenters. The van der Waals surface area contributed by atoms with Crippen LogP contribution in [-0.2, 0) is 27.7 Å². The summed E-state index contributed by atoms with van der Waals surface area (Å²) in [5, 5.41) is 3.23. The number of aryl methyl sites for hydroxylation is 3. The minimum Gasteiger partial charge on any atom is -0.465 e. The fraction of sp³-hybridized carbons (Fsp3) is 0.308. The highest BCUT2D eigenvalue weighted by Crippen LogP contribution is 2.37. The third-order valence-electron chi connectivity index (χ3n) is 6.36. The molecule has 2 N–H and O–H groups in total. The Morgan fingerprint density at radius 3 is 2.44 bits per heavy atom. The molecule has 0 unspecified atom stereocenters. The highest BCUT2D eigenvalue weighted by atomic mass is 32.2. The number of nitrogens with one attached hydrogen (secondary N) is 2. The second-order valence-electron chi connectivity index (χ2n) is 9.03. The fourth-order valence-electron chi connectivity index (χ4n) is 4.16. The van der Waals surface area contributed by atoms with Crippen molar-refractivity contribution in [1.29, 1.82) is 0 Å². The Morgan fingerprint density at radius 1 is 1.03 bits per heavy atom. The number of carbonyl (C=O) groups is 2. The smallest absolute Gasteiger partial charge is 0.341 e. The highest BCUT2D eigenvalue weighted by molar-refractivity contribution is 7.92. The number of fused-ring (bicyclic) bond motifs is 1. The second kappa shape index (κ2) is 10.0. The molecule has 36 heavy (non-hydrogen) atoms. The van der Waals surface area contributed by atoms with Crippen molar-refractivity contribution in [2.24, 2.45) is 0 Å². The van der Waals surface area contributed by atoms with Gasteiger partial charge in [0.1, 0.15) is 5.00 Å². The Labute approximate surface area is 215 Å². The monoisotopic (exact) mass is 527 g/mol. The van der Waals surface area contributed by atoms with Crippen molar-refractivity contribution in [2.75, 3.05) is 30.7 Å². The fourth-order valence-corrected chi connectivity index (χ4v) is 6.79. The maximum Gasteiger partial charge on any atom is 0.341 e. The molecule has 1 aliphatic rings. The van der Waals surface area contributed by atoms with E-state index in [1.807, 2.05) is 27.0 Å². The third kappa shape index (κ3) is 5.16. The van der Waals surface area contributed by atoms with Crippen molar-refractivity contribution in [3.63, 3.8) is 0 Å². The number of hydrogen-bond donors (Lipinski definition) is 2. The number of sulfonamides is 1. The zero-order valence-electron chi connectivity index (χ0n) is 20.9. The van der Waals surface area contributed by atoms with Gasteiger partial charge in [-0.2, -0.15) is 0 Å². The van der Waals surface area contributed by atoms with E-state index < -0.39 is 21.9 Å². The van der Waals surface area contributed by atoms with E-state index in [4.69, 9.17) is 4.74 Å². The predicted molar refractivity (Wildman–Crippen MR) is 142 cm³/mol. The van der Waals surface area contributed by atoms with Gasteiger partial charge in [-0.15, -0.1) is 11.3 Å². The van der Waals surface area contributed by atoms with Crippen LogP contribution in [-0.4, -0.2) is 45.9 Å². The number of methoxy groups -OCH3 is 1. The van der Waals surface area contributed by atoms with Gasteiger partial charge in [0.05, 0.1) is 17.6 Å². The lowest BCUT2D eigenvalue weighted by Crippen LogP contribution is -2.26. The first-order valence-corrected chi connectivity index (χ1v) is 13.7. The zero-order valence-corrected chi connectivity index (χ0v) is 22.5. The van der Waals surface area contributed by atoms with Crippen LogP contribution < -0.4 is 10.0 Å². The molecule has 4 rings (SSSR count). The molecule has 190 valence electrons. The van der Waals surface area contributed by atoms with Crippen molar-refractivity contribution in [3.8, 4) is 0 Å². The summed E-state index contributed by atoms with van der Waals surface area (Å²) in [4.78, 5) is 28.9. The SMILES string of the molecule is COC(=O)c1c(NC(=O)c2ccc(C)c(S(=O)(=O)Nc3ccc(C)c(C)c3)c2)sc2c1CCN(C)C2. The van der Waals surface area contributed by atoms with Crippen LogP contribution in [0.15, 0.2) is 41.3 Å². The predicted octanol–water partition coefficient (Wildman–Crippen LogP) is 4.50. The van der Waals surface area contributed by atoms with E-state index in [0.29, 0.717) is 34.8 Å². The lowest BCUT2D eigenvalue weighted by molar-refractivity contribution is 0.0600. The van der Waals surface area contributed by atoms with Crippen LogP contribution in [0.25, 0.3) is 0 Å². The lowest BCUT2D eigenvalue weighted by atomic mass is 10.0. The Balaban J connectivity index is 1.64. The maximum absolute atomic E-state index is 13.2. The number of benzene rings is 2. The molecule has 10 heteroatoms. The summed E-state index contributed by atoms with van der Waals surface area (Å²) in [6, 6.07) is 9.84. The molecule has 0 fully saturated rings. The minimum absolute atomic E-state index is 0.00803. The Hall–Kier alpha value is -3.21. The van der Waals surface area contributed by atoms with Crippen LogP contribution >= 0.6 is 11.3 Å². The van der Waals surface area contributed by atoms with Gasteiger partial charge < -0.3 is 15.0 Å². The lowest BCUT2D eigenvalue weighted by Gasteiger charge is -2.22. The number of anilines is 2. The number of amides is 1. The molecule has 2 aromatic carbocycles. The minimum atomic E-state index is -3.94. The maximum atomic E-state index is 13.2. The van der Waals surface area contributed by atoms with Crippen molar-refractivity contribution in [1.82, 2.24) is 4.90 Å². The molecule has 0 radical (unpaired) electrons. The largest absolute Gasteiger partial charge is 0.465 e. The Bertz CT molecular complexity index is 1460. The van der Waals surface area contributed by atoms with E-state index >= 15 is 0 Å². The molecule has 2 heterocycles. The van der Waals surface area contributed by atoms with E-state index in [2.05, 4.69) is 14.9 Å². The molecule has 1 aliphatic heterocycles. The number of hydrogen-bond acceptors (Lipinski definition) is 7.